The Morgan fingerprint density at radius 3 is 2.15 bits per heavy atom. The highest BCUT2D eigenvalue weighted by atomic mass is 16.2. The molecule has 0 unspecified atom stereocenters. The van der Waals surface area contributed by atoms with Gasteiger partial charge in [0, 0.05) is 11.6 Å². The second-order valence-corrected chi connectivity index (χ2v) is 7.92. The van der Waals surface area contributed by atoms with Crippen LogP contribution in [0.4, 0.5) is 0 Å². The Bertz CT molecular complexity index is 704. The first-order valence-corrected chi connectivity index (χ1v) is 10.0. The zero-order valence-electron chi connectivity index (χ0n) is 15.4. The molecule has 1 atom stereocenters. The average Bonchev–Trinajstić information content (AvgIpc) is 3.49. The highest BCUT2D eigenvalue weighted by Crippen LogP contribution is 2.22. The number of benzene rings is 2. The minimum absolute atomic E-state index is 0.0607. The summed E-state index contributed by atoms with van der Waals surface area (Å²) in [5.74, 6) is 0.958. The van der Waals surface area contributed by atoms with Crippen LogP contribution >= 0.6 is 0 Å². The standard InChI is InChI=1S/C23H28N2O/c26-23(24-21-11-12-21)22(20-9-5-2-6-10-20)25-15-13-19(14-16-25)17-18-7-3-1-4-8-18/h1-10,19,21-22H,11-17H2,(H,24,26)/p+1/t22-/m1/s1. The Kier molecular flexibility index (Phi) is 5.35. The van der Waals surface area contributed by atoms with Gasteiger partial charge < -0.3 is 10.2 Å². The molecule has 0 aromatic heterocycles. The lowest BCUT2D eigenvalue weighted by atomic mass is 9.89. The van der Waals surface area contributed by atoms with E-state index in [4.69, 9.17) is 0 Å². The minimum atomic E-state index is -0.0607. The van der Waals surface area contributed by atoms with Crippen molar-refractivity contribution in [3.05, 3.63) is 71.8 Å². The number of rotatable bonds is 6. The van der Waals surface area contributed by atoms with E-state index in [1.165, 1.54) is 29.7 Å². The molecule has 1 saturated carbocycles. The van der Waals surface area contributed by atoms with E-state index < -0.39 is 0 Å². The van der Waals surface area contributed by atoms with Crippen LogP contribution in [0.2, 0.25) is 0 Å². The lowest BCUT2D eigenvalue weighted by Gasteiger charge is -2.34. The summed E-state index contributed by atoms with van der Waals surface area (Å²) >= 11 is 0. The zero-order chi connectivity index (χ0) is 17.8. The van der Waals surface area contributed by atoms with Gasteiger partial charge >= 0.3 is 0 Å². The van der Waals surface area contributed by atoms with Gasteiger partial charge in [-0.05, 0) is 43.6 Å². The predicted molar refractivity (Wildman–Crippen MR) is 104 cm³/mol. The van der Waals surface area contributed by atoms with Gasteiger partial charge in [-0.25, -0.2) is 0 Å². The molecule has 1 saturated heterocycles. The van der Waals surface area contributed by atoms with Crippen molar-refractivity contribution >= 4 is 5.91 Å². The number of amides is 1. The maximum Gasteiger partial charge on any atom is 0.283 e. The molecular formula is C23H29N2O+. The summed E-state index contributed by atoms with van der Waals surface area (Å²) in [6, 6.07) is 21.5. The van der Waals surface area contributed by atoms with Crippen molar-refractivity contribution in [3.8, 4) is 0 Å². The van der Waals surface area contributed by atoms with Crippen LogP contribution in [0, 0.1) is 5.92 Å². The number of piperidine rings is 1. The van der Waals surface area contributed by atoms with E-state index in [1.54, 1.807) is 0 Å². The maximum absolute atomic E-state index is 12.9. The average molecular weight is 349 g/mol. The lowest BCUT2D eigenvalue weighted by Crippen LogP contribution is -3.14. The molecule has 3 nitrogen and oxygen atoms in total. The van der Waals surface area contributed by atoms with Crippen molar-refractivity contribution in [1.29, 1.82) is 0 Å². The number of hydrogen-bond donors (Lipinski definition) is 2. The second-order valence-electron chi connectivity index (χ2n) is 7.92. The molecule has 0 radical (unpaired) electrons. The molecule has 1 aliphatic heterocycles. The van der Waals surface area contributed by atoms with Crippen molar-refractivity contribution < 1.29 is 9.69 Å². The van der Waals surface area contributed by atoms with Crippen molar-refractivity contribution in [1.82, 2.24) is 5.32 Å². The topological polar surface area (TPSA) is 33.5 Å². The van der Waals surface area contributed by atoms with Crippen LogP contribution in [0.15, 0.2) is 60.7 Å². The SMILES string of the molecule is O=C(NC1CC1)[C@@H](c1ccccc1)[NH+]1CCC(Cc2ccccc2)CC1. The number of carbonyl (C=O) groups is 1. The van der Waals surface area contributed by atoms with Crippen molar-refractivity contribution in [2.75, 3.05) is 13.1 Å². The van der Waals surface area contributed by atoms with Gasteiger partial charge in [0.2, 0.25) is 0 Å². The highest BCUT2D eigenvalue weighted by molar-refractivity contribution is 5.82. The summed E-state index contributed by atoms with van der Waals surface area (Å²) in [5.41, 5.74) is 2.59. The first-order chi connectivity index (χ1) is 12.8. The van der Waals surface area contributed by atoms with E-state index >= 15 is 0 Å². The Morgan fingerprint density at radius 2 is 1.54 bits per heavy atom. The molecule has 2 N–H and O–H groups in total. The van der Waals surface area contributed by atoms with Crippen LogP contribution < -0.4 is 10.2 Å². The Balaban J connectivity index is 1.41. The molecule has 2 aliphatic rings. The van der Waals surface area contributed by atoms with Crippen LogP contribution in [-0.2, 0) is 11.2 Å². The van der Waals surface area contributed by atoms with Crippen LogP contribution in [0.5, 0.6) is 0 Å². The number of quaternary nitrogens is 1. The number of hydrogen-bond acceptors (Lipinski definition) is 1. The fraction of sp³-hybridized carbons (Fsp3) is 0.435. The fourth-order valence-corrected chi connectivity index (χ4v) is 4.22. The molecule has 1 heterocycles. The Morgan fingerprint density at radius 1 is 0.923 bits per heavy atom. The first kappa shape index (κ1) is 17.3. The Hall–Kier alpha value is -2.13. The molecule has 1 aliphatic carbocycles. The minimum Gasteiger partial charge on any atom is -0.348 e. The summed E-state index contributed by atoms with van der Waals surface area (Å²) < 4.78 is 0. The maximum atomic E-state index is 12.9. The third kappa shape index (κ3) is 4.34. The van der Waals surface area contributed by atoms with E-state index in [0.717, 1.165) is 37.4 Å². The predicted octanol–water partition coefficient (Wildman–Crippen LogP) is 2.54. The number of carbonyl (C=O) groups excluding carboxylic acids is 1. The fourth-order valence-electron chi connectivity index (χ4n) is 4.22. The van der Waals surface area contributed by atoms with Gasteiger partial charge in [0.1, 0.15) is 0 Å². The summed E-state index contributed by atoms with van der Waals surface area (Å²) in [6.45, 7) is 2.16. The van der Waals surface area contributed by atoms with Gasteiger partial charge in [-0.3, -0.25) is 4.79 Å². The van der Waals surface area contributed by atoms with Gasteiger partial charge in [-0.1, -0.05) is 60.7 Å². The molecule has 4 rings (SSSR count). The van der Waals surface area contributed by atoms with Gasteiger partial charge in [0.05, 0.1) is 13.1 Å². The van der Waals surface area contributed by atoms with Crippen LogP contribution in [-0.4, -0.2) is 25.0 Å². The van der Waals surface area contributed by atoms with Gasteiger partial charge in [0.25, 0.3) is 5.91 Å². The van der Waals surface area contributed by atoms with Crippen molar-refractivity contribution in [2.45, 2.75) is 44.2 Å². The molecule has 136 valence electrons. The molecule has 2 aromatic rings. The molecule has 2 aromatic carbocycles. The molecule has 3 heteroatoms. The van der Waals surface area contributed by atoms with Crippen LogP contribution in [0.3, 0.4) is 0 Å². The van der Waals surface area contributed by atoms with Gasteiger partial charge in [-0.2, -0.15) is 0 Å². The van der Waals surface area contributed by atoms with Crippen LogP contribution in [0.25, 0.3) is 0 Å². The quantitative estimate of drug-likeness (QED) is 0.826. The highest BCUT2D eigenvalue weighted by Gasteiger charge is 2.37. The largest absolute Gasteiger partial charge is 0.348 e. The van der Waals surface area contributed by atoms with Crippen LogP contribution in [0.1, 0.15) is 42.9 Å². The summed E-state index contributed by atoms with van der Waals surface area (Å²) in [4.78, 5) is 14.4. The zero-order valence-corrected chi connectivity index (χ0v) is 15.4. The van der Waals surface area contributed by atoms with Crippen molar-refractivity contribution in [3.63, 3.8) is 0 Å². The van der Waals surface area contributed by atoms with E-state index in [9.17, 15) is 4.79 Å². The second kappa shape index (κ2) is 8.05. The number of nitrogens with one attached hydrogen (secondary N) is 2. The third-order valence-corrected chi connectivity index (χ3v) is 5.84. The first-order valence-electron chi connectivity index (χ1n) is 10.0. The van der Waals surface area contributed by atoms with E-state index in [0.29, 0.717) is 6.04 Å². The normalized spacial score (nSPS) is 24.0. The van der Waals surface area contributed by atoms with E-state index in [-0.39, 0.29) is 11.9 Å². The Labute approximate surface area is 156 Å². The lowest BCUT2D eigenvalue weighted by molar-refractivity contribution is -0.928. The molecule has 0 bridgehead atoms. The van der Waals surface area contributed by atoms with Crippen molar-refractivity contribution in [2.24, 2.45) is 5.92 Å². The van der Waals surface area contributed by atoms with E-state index in [1.807, 2.05) is 18.2 Å². The monoisotopic (exact) mass is 349 g/mol. The summed E-state index contributed by atoms with van der Waals surface area (Å²) in [7, 11) is 0. The summed E-state index contributed by atoms with van der Waals surface area (Å²) in [5, 5.41) is 3.24. The summed E-state index contributed by atoms with van der Waals surface area (Å²) in [6.07, 6.45) is 5.84. The number of likely N-dealkylation sites (tertiary alicyclic amines) is 1. The van der Waals surface area contributed by atoms with Gasteiger partial charge in [0.15, 0.2) is 6.04 Å². The molecular weight excluding hydrogens is 320 g/mol. The smallest absolute Gasteiger partial charge is 0.283 e. The van der Waals surface area contributed by atoms with E-state index in [2.05, 4.69) is 47.8 Å². The molecule has 2 fully saturated rings. The molecule has 26 heavy (non-hydrogen) atoms. The molecule has 0 spiro atoms. The molecule has 1 amide bonds. The third-order valence-electron chi connectivity index (χ3n) is 5.84. The van der Waals surface area contributed by atoms with Gasteiger partial charge in [-0.15, -0.1) is 0 Å².